The minimum Gasteiger partial charge on any atom is -0.348 e. The highest BCUT2D eigenvalue weighted by molar-refractivity contribution is 5.15. The standard InChI is InChI=1S/C11H12N2/c1-2-4-10(5-3-1)6-7-11-8-12-9-13-11/h1-5,8-9H,6-7H2,(H,12,13). The molecule has 1 N–H and O–H groups in total. The number of nitrogens with zero attached hydrogens (tertiary/aromatic N) is 1. The quantitative estimate of drug-likeness (QED) is 0.755. The number of rotatable bonds is 3. The Balaban J connectivity index is 1.94. The molecule has 0 amide bonds. The van der Waals surface area contributed by atoms with Crippen molar-refractivity contribution >= 4 is 0 Å². The molecule has 1 aromatic carbocycles. The first-order chi connectivity index (χ1) is 6.45. The first-order valence-electron chi connectivity index (χ1n) is 4.46. The molecule has 2 rings (SSSR count). The molecule has 2 aromatic rings. The largest absolute Gasteiger partial charge is 0.348 e. The Labute approximate surface area is 77.6 Å². The number of aromatic amines is 1. The zero-order valence-electron chi connectivity index (χ0n) is 7.40. The lowest BCUT2D eigenvalue weighted by atomic mass is 10.1. The van der Waals surface area contributed by atoms with Crippen molar-refractivity contribution in [3.63, 3.8) is 0 Å². The summed E-state index contributed by atoms with van der Waals surface area (Å²) in [6, 6.07) is 10.5. The zero-order chi connectivity index (χ0) is 8.93. The normalized spacial score (nSPS) is 10.2. The SMILES string of the molecule is c1ccc(CCc2cnc[nH]2)cc1. The van der Waals surface area contributed by atoms with Crippen molar-refractivity contribution in [3.8, 4) is 0 Å². The molecule has 13 heavy (non-hydrogen) atoms. The van der Waals surface area contributed by atoms with E-state index in [0.717, 1.165) is 12.8 Å². The van der Waals surface area contributed by atoms with E-state index in [1.807, 2.05) is 12.3 Å². The maximum Gasteiger partial charge on any atom is 0.0921 e. The second-order valence-corrected chi connectivity index (χ2v) is 3.06. The van der Waals surface area contributed by atoms with Gasteiger partial charge in [0.1, 0.15) is 0 Å². The molecule has 2 heteroatoms. The van der Waals surface area contributed by atoms with Gasteiger partial charge in [-0.2, -0.15) is 0 Å². The fraction of sp³-hybridized carbons (Fsp3) is 0.182. The van der Waals surface area contributed by atoms with Gasteiger partial charge >= 0.3 is 0 Å². The van der Waals surface area contributed by atoms with Crippen molar-refractivity contribution in [2.45, 2.75) is 12.8 Å². The fourth-order valence-electron chi connectivity index (χ4n) is 1.35. The van der Waals surface area contributed by atoms with Crippen LogP contribution in [0.1, 0.15) is 11.3 Å². The van der Waals surface area contributed by atoms with Gasteiger partial charge in [-0.3, -0.25) is 0 Å². The fourth-order valence-corrected chi connectivity index (χ4v) is 1.35. The van der Waals surface area contributed by atoms with E-state index in [1.54, 1.807) is 6.33 Å². The molecule has 0 aliphatic rings. The van der Waals surface area contributed by atoms with E-state index in [-0.39, 0.29) is 0 Å². The number of H-pyrrole nitrogens is 1. The van der Waals surface area contributed by atoms with Crippen LogP contribution in [-0.4, -0.2) is 9.97 Å². The number of aryl methyl sites for hydroxylation is 2. The highest BCUT2D eigenvalue weighted by Crippen LogP contribution is 2.03. The van der Waals surface area contributed by atoms with E-state index in [4.69, 9.17) is 0 Å². The third-order valence-electron chi connectivity index (χ3n) is 2.08. The van der Waals surface area contributed by atoms with E-state index in [0.29, 0.717) is 0 Å². The van der Waals surface area contributed by atoms with Gasteiger partial charge in [-0.1, -0.05) is 30.3 Å². The van der Waals surface area contributed by atoms with Crippen LogP contribution in [0.25, 0.3) is 0 Å². The Kier molecular flexibility index (Phi) is 2.41. The lowest BCUT2D eigenvalue weighted by Gasteiger charge is -1.98. The van der Waals surface area contributed by atoms with Crippen LogP contribution >= 0.6 is 0 Å². The number of nitrogens with one attached hydrogen (secondary N) is 1. The number of aromatic nitrogens is 2. The molecule has 0 fully saturated rings. The smallest absolute Gasteiger partial charge is 0.0921 e. The third-order valence-corrected chi connectivity index (χ3v) is 2.08. The van der Waals surface area contributed by atoms with E-state index in [1.165, 1.54) is 11.3 Å². The Morgan fingerprint density at radius 2 is 1.92 bits per heavy atom. The summed E-state index contributed by atoms with van der Waals surface area (Å²) in [4.78, 5) is 7.08. The summed E-state index contributed by atoms with van der Waals surface area (Å²) in [5.41, 5.74) is 2.57. The number of hydrogen-bond acceptors (Lipinski definition) is 1. The third kappa shape index (κ3) is 2.18. The minimum atomic E-state index is 1.03. The van der Waals surface area contributed by atoms with E-state index in [9.17, 15) is 0 Å². The van der Waals surface area contributed by atoms with Crippen molar-refractivity contribution in [3.05, 3.63) is 54.1 Å². The molecule has 0 unspecified atom stereocenters. The predicted molar refractivity (Wildman–Crippen MR) is 52.4 cm³/mol. The summed E-state index contributed by atoms with van der Waals surface area (Å²) >= 11 is 0. The maximum absolute atomic E-state index is 3.98. The summed E-state index contributed by atoms with van der Waals surface area (Å²) in [6.07, 6.45) is 5.70. The number of imidazole rings is 1. The van der Waals surface area contributed by atoms with Crippen LogP contribution in [0.15, 0.2) is 42.9 Å². The van der Waals surface area contributed by atoms with Crippen LogP contribution in [0.4, 0.5) is 0 Å². The summed E-state index contributed by atoms with van der Waals surface area (Å²) in [7, 11) is 0. The summed E-state index contributed by atoms with van der Waals surface area (Å²) in [5, 5.41) is 0. The molecule has 66 valence electrons. The molecule has 1 heterocycles. The Morgan fingerprint density at radius 1 is 1.08 bits per heavy atom. The number of benzene rings is 1. The number of hydrogen-bond donors (Lipinski definition) is 1. The average molecular weight is 172 g/mol. The second-order valence-electron chi connectivity index (χ2n) is 3.06. The minimum absolute atomic E-state index is 1.03. The lowest BCUT2D eigenvalue weighted by Crippen LogP contribution is -1.90. The maximum atomic E-state index is 3.98. The van der Waals surface area contributed by atoms with Gasteiger partial charge in [0.2, 0.25) is 0 Å². The first kappa shape index (κ1) is 8.05. The van der Waals surface area contributed by atoms with E-state index in [2.05, 4.69) is 34.2 Å². The van der Waals surface area contributed by atoms with Gasteiger partial charge in [0.25, 0.3) is 0 Å². The highest BCUT2D eigenvalue weighted by atomic mass is 14.9. The lowest BCUT2D eigenvalue weighted by molar-refractivity contribution is 0.925. The van der Waals surface area contributed by atoms with Gasteiger partial charge in [-0.05, 0) is 18.4 Å². The highest BCUT2D eigenvalue weighted by Gasteiger charge is 1.94. The predicted octanol–water partition coefficient (Wildman–Crippen LogP) is 2.19. The molecule has 0 aliphatic heterocycles. The van der Waals surface area contributed by atoms with E-state index < -0.39 is 0 Å². The van der Waals surface area contributed by atoms with Crippen molar-refractivity contribution < 1.29 is 0 Å². The summed E-state index contributed by atoms with van der Waals surface area (Å²) in [5.74, 6) is 0. The average Bonchev–Trinajstić information content (AvgIpc) is 2.69. The molecule has 0 atom stereocenters. The van der Waals surface area contributed by atoms with Gasteiger partial charge in [0.15, 0.2) is 0 Å². The van der Waals surface area contributed by atoms with Crippen LogP contribution in [0.5, 0.6) is 0 Å². The molecule has 0 saturated heterocycles. The monoisotopic (exact) mass is 172 g/mol. The molecule has 0 saturated carbocycles. The Morgan fingerprint density at radius 3 is 2.62 bits per heavy atom. The van der Waals surface area contributed by atoms with Crippen LogP contribution in [0, 0.1) is 0 Å². The zero-order valence-corrected chi connectivity index (χ0v) is 7.40. The second kappa shape index (κ2) is 3.90. The molecule has 2 nitrogen and oxygen atoms in total. The summed E-state index contributed by atoms with van der Waals surface area (Å²) < 4.78 is 0. The van der Waals surface area contributed by atoms with Gasteiger partial charge in [-0.25, -0.2) is 4.98 Å². The van der Waals surface area contributed by atoms with Crippen LogP contribution < -0.4 is 0 Å². The molecule has 0 spiro atoms. The Bertz CT molecular complexity index is 338. The van der Waals surface area contributed by atoms with Gasteiger partial charge in [0, 0.05) is 11.9 Å². The van der Waals surface area contributed by atoms with Crippen LogP contribution in [0.3, 0.4) is 0 Å². The van der Waals surface area contributed by atoms with Gasteiger partial charge < -0.3 is 4.98 Å². The van der Waals surface area contributed by atoms with Crippen LogP contribution in [-0.2, 0) is 12.8 Å². The molecule has 0 radical (unpaired) electrons. The van der Waals surface area contributed by atoms with E-state index >= 15 is 0 Å². The molecule has 1 aromatic heterocycles. The van der Waals surface area contributed by atoms with Crippen molar-refractivity contribution in [2.24, 2.45) is 0 Å². The van der Waals surface area contributed by atoms with Crippen molar-refractivity contribution in [1.82, 2.24) is 9.97 Å². The van der Waals surface area contributed by atoms with Gasteiger partial charge in [0.05, 0.1) is 6.33 Å². The van der Waals surface area contributed by atoms with Crippen molar-refractivity contribution in [1.29, 1.82) is 0 Å². The van der Waals surface area contributed by atoms with Crippen molar-refractivity contribution in [2.75, 3.05) is 0 Å². The van der Waals surface area contributed by atoms with Crippen LogP contribution in [0.2, 0.25) is 0 Å². The Hall–Kier alpha value is -1.57. The first-order valence-corrected chi connectivity index (χ1v) is 4.46. The molecule has 0 bridgehead atoms. The molecular formula is C11H12N2. The topological polar surface area (TPSA) is 28.7 Å². The molecular weight excluding hydrogens is 160 g/mol. The van der Waals surface area contributed by atoms with Gasteiger partial charge in [-0.15, -0.1) is 0 Å². The summed E-state index contributed by atoms with van der Waals surface area (Å²) in [6.45, 7) is 0. The molecule has 0 aliphatic carbocycles.